The number of rotatable bonds is 3. The molecule has 4 unspecified atom stereocenters. The smallest absolute Gasteiger partial charge is 0.0639 e. The molecule has 0 spiro atoms. The lowest BCUT2D eigenvalue weighted by molar-refractivity contribution is -0.0128. The first kappa shape index (κ1) is 13.2. The summed E-state index contributed by atoms with van der Waals surface area (Å²) in [4.78, 5) is 0. The van der Waals surface area contributed by atoms with E-state index in [0.717, 1.165) is 24.0 Å². The zero-order valence-corrected chi connectivity index (χ0v) is 10.8. The minimum absolute atomic E-state index is 0.238. The van der Waals surface area contributed by atoms with Gasteiger partial charge in [0.1, 0.15) is 0 Å². The van der Waals surface area contributed by atoms with Crippen molar-refractivity contribution in [2.45, 2.75) is 39.7 Å². The summed E-state index contributed by atoms with van der Waals surface area (Å²) in [7, 11) is 0. The number of allylic oxidation sites excluding steroid dienone is 2. The maximum absolute atomic E-state index is 10.3. The molecule has 1 saturated carbocycles. The molecule has 16 heavy (non-hydrogen) atoms. The van der Waals surface area contributed by atoms with E-state index in [0.29, 0.717) is 11.8 Å². The van der Waals surface area contributed by atoms with Crippen molar-refractivity contribution in [2.75, 3.05) is 0 Å². The Morgan fingerprint density at radius 2 is 1.81 bits per heavy atom. The quantitative estimate of drug-likeness (QED) is 0.719. The second-order valence-corrected chi connectivity index (χ2v) is 5.50. The fourth-order valence-electron chi connectivity index (χ4n) is 2.80. The Kier molecular flexibility index (Phi) is 3.80. The van der Waals surface area contributed by atoms with Crippen LogP contribution in [0.2, 0.25) is 0 Å². The van der Waals surface area contributed by atoms with Gasteiger partial charge in [0.2, 0.25) is 0 Å². The molecular formula is C15H24O. The first-order valence-corrected chi connectivity index (χ1v) is 5.95. The van der Waals surface area contributed by atoms with Gasteiger partial charge in [-0.05, 0) is 38.5 Å². The van der Waals surface area contributed by atoms with Gasteiger partial charge < -0.3 is 5.11 Å². The maximum Gasteiger partial charge on any atom is 0.0639 e. The largest absolute Gasteiger partial charge is 0.392 e. The van der Waals surface area contributed by atoms with Crippen molar-refractivity contribution < 1.29 is 5.11 Å². The first-order valence-electron chi connectivity index (χ1n) is 5.95. The summed E-state index contributed by atoms with van der Waals surface area (Å²) in [5.74, 6) is 0.708. The van der Waals surface area contributed by atoms with Gasteiger partial charge in [-0.1, -0.05) is 37.3 Å². The predicted molar refractivity (Wildman–Crippen MR) is 70.2 cm³/mol. The average Bonchev–Trinajstić information content (AvgIpc) is 2.20. The van der Waals surface area contributed by atoms with Gasteiger partial charge in [0.15, 0.2) is 0 Å². The molecular weight excluding hydrogens is 196 g/mol. The molecule has 0 aromatic carbocycles. The lowest BCUT2D eigenvalue weighted by Crippen LogP contribution is -2.44. The second kappa shape index (κ2) is 4.58. The highest BCUT2D eigenvalue weighted by atomic mass is 16.3. The van der Waals surface area contributed by atoms with E-state index in [1.807, 2.05) is 19.9 Å². The van der Waals surface area contributed by atoms with Crippen molar-refractivity contribution >= 4 is 0 Å². The van der Waals surface area contributed by atoms with Crippen LogP contribution in [0.1, 0.15) is 33.6 Å². The Balaban J connectivity index is 3.03. The number of hydrogen-bond donors (Lipinski definition) is 1. The molecule has 1 fully saturated rings. The molecule has 0 aromatic rings. The van der Waals surface area contributed by atoms with E-state index in [2.05, 4.69) is 26.7 Å². The number of hydrogen-bond acceptors (Lipinski definition) is 1. The van der Waals surface area contributed by atoms with Gasteiger partial charge in [0.05, 0.1) is 6.10 Å². The molecule has 1 nitrogen and oxygen atoms in total. The van der Waals surface area contributed by atoms with E-state index >= 15 is 0 Å². The van der Waals surface area contributed by atoms with Crippen molar-refractivity contribution in [2.24, 2.45) is 17.3 Å². The van der Waals surface area contributed by atoms with E-state index in [1.165, 1.54) is 0 Å². The molecule has 1 rings (SSSR count). The lowest BCUT2D eigenvalue weighted by Gasteiger charge is -2.47. The van der Waals surface area contributed by atoms with Crippen LogP contribution in [0.5, 0.6) is 0 Å². The highest BCUT2D eigenvalue weighted by Gasteiger charge is 2.44. The van der Waals surface area contributed by atoms with Gasteiger partial charge in [0, 0.05) is 5.41 Å². The molecule has 0 aliphatic heterocycles. The van der Waals surface area contributed by atoms with Crippen molar-refractivity contribution in [1.29, 1.82) is 0 Å². The van der Waals surface area contributed by atoms with E-state index in [9.17, 15) is 5.11 Å². The summed E-state index contributed by atoms with van der Waals surface area (Å²) in [5, 5.41) is 10.3. The summed E-state index contributed by atoms with van der Waals surface area (Å²) < 4.78 is 0. The first-order chi connectivity index (χ1) is 7.32. The van der Waals surface area contributed by atoms with Crippen LogP contribution < -0.4 is 0 Å². The van der Waals surface area contributed by atoms with Crippen LogP contribution in [-0.2, 0) is 0 Å². The zero-order valence-electron chi connectivity index (χ0n) is 10.8. The molecule has 0 heterocycles. The predicted octanol–water partition coefficient (Wildman–Crippen LogP) is 3.72. The lowest BCUT2D eigenvalue weighted by atomic mass is 9.60. The molecule has 1 aliphatic carbocycles. The molecule has 0 radical (unpaired) electrons. The van der Waals surface area contributed by atoms with Crippen LogP contribution in [0, 0.1) is 17.3 Å². The summed E-state index contributed by atoms with van der Waals surface area (Å²) in [5.41, 5.74) is 2.06. The summed E-state index contributed by atoms with van der Waals surface area (Å²) >= 11 is 0. The molecule has 4 atom stereocenters. The van der Waals surface area contributed by atoms with Crippen LogP contribution in [0.3, 0.4) is 0 Å². The highest BCUT2D eigenvalue weighted by molar-refractivity contribution is 5.17. The monoisotopic (exact) mass is 220 g/mol. The van der Waals surface area contributed by atoms with Gasteiger partial charge in [-0.15, -0.1) is 6.58 Å². The number of aliphatic hydroxyl groups is 1. The average molecular weight is 220 g/mol. The molecule has 1 N–H and O–H groups in total. The molecule has 0 saturated heterocycles. The van der Waals surface area contributed by atoms with E-state index in [-0.39, 0.29) is 11.5 Å². The Labute approximate surface area is 99.6 Å². The van der Waals surface area contributed by atoms with Crippen molar-refractivity contribution in [1.82, 2.24) is 0 Å². The Bertz CT molecular complexity index is 315. The van der Waals surface area contributed by atoms with E-state index in [1.54, 1.807) is 0 Å². The van der Waals surface area contributed by atoms with E-state index in [4.69, 9.17) is 0 Å². The van der Waals surface area contributed by atoms with Crippen molar-refractivity contribution in [3.8, 4) is 0 Å². The fourth-order valence-corrected chi connectivity index (χ4v) is 2.80. The summed E-state index contributed by atoms with van der Waals surface area (Å²) in [6.45, 7) is 18.1. The minimum Gasteiger partial charge on any atom is -0.392 e. The summed E-state index contributed by atoms with van der Waals surface area (Å²) in [6.07, 6.45) is 3.37. The Morgan fingerprint density at radius 3 is 2.19 bits per heavy atom. The molecule has 0 bridgehead atoms. The third kappa shape index (κ3) is 2.15. The molecule has 1 aliphatic rings. The maximum atomic E-state index is 10.3. The standard InChI is InChI=1S/C15H24O/c1-7-15(6)13(11(4)5)8-12(10(2)3)9-14(15)16/h7,12-14,16H,1-2,4,8-9H2,3,5-6H3. The third-order valence-electron chi connectivity index (χ3n) is 4.23. The van der Waals surface area contributed by atoms with Crippen LogP contribution >= 0.6 is 0 Å². The van der Waals surface area contributed by atoms with Gasteiger partial charge in [0.25, 0.3) is 0 Å². The van der Waals surface area contributed by atoms with Gasteiger partial charge in [-0.25, -0.2) is 0 Å². The second-order valence-electron chi connectivity index (χ2n) is 5.50. The molecule has 90 valence electrons. The van der Waals surface area contributed by atoms with E-state index < -0.39 is 0 Å². The van der Waals surface area contributed by atoms with Crippen molar-refractivity contribution in [3.63, 3.8) is 0 Å². The normalized spacial score (nSPS) is 39.1. The van der Waals surface area contributed by atoms with Crippen molar-refractivity contribution in [3.05, 3.63) is 37.0 Å². The van der Waals surface area contributed by atoms with Crippen LogP contribution in [0.25, 0.3) is 0 Å². The molecule has 0 amide bonds. The minimum atomic E-state index is -0.345. The highest BCUT2D eigenvalue weighted by Crippen LogP contribution is 2.48. The third-order valence-corrected chi connectivity index (χ3v) is 4.23. The van der Waals surface area contributed by atoms with Gasteiger partial charge in [-0.3, -0.25) is 0 Å². The van der Waals surface area contributed by atoms with Gasteiger partial charge >= 0.3 is 0 Å². The Hall–Kier alpha value is -0.820. The zero-order chi connectivity index (χ0) is 12.5. The van der Waals surface area contributed by atoms with Crippen LogP contribution in [0.15, 0.2) is 37.0 Å². The number of aliphatic hydroxyl groups excluding tert-OH is 1. The topological polar surface area (TPSA) is 20.2 Å². The SMILES string of the molecule is C=CC1(C)C(O)CC(C(=C)C)CC1C(=C)C. The molecule has 0 aromatic heterocycles. The van der Waals surface area contributed by atoms with Crippen LogP contribution in [0.4, 0.5) is 0 Å². The molecule has 1 heteroatoms. The fraction of sp³-hybridized carbons (Fsp3) is 0.600. The summed E-state index contributed by atoms with van der Waals surface area (Å²) in [6, 6.07) is 0. The Morgan fingerprint density at radius 1 is 1.25 bits per heavy atom. The van der Waals surface area contributed by atoms with Crippen LogP contribution in [-0.4, -0.2) is 11.2 Å². The van der Waals surface area contributed by atoms with Gasteiger partial charge in [-0.2, -0.15) is 0 Å².